The van der Waals surface area contributed by atoms with Crippen molar-refractivity contribution >= 4 is 21.3 Å². The summed E-state index contributed by atoms with van der Waals surface area (Å²) in [6, 6.07) is 11.2. The summed E-state index contributed by atoms with van der Waals surface area (Å²) >= 11 is 1.32. The van der Waals surface area contributed by atoms with E-state index in [0.717, 1.165) is 5.75 Å². The molecule has 4 heteroatoms. The highest BCUT2D eigenvalue weighted by Gasteiger charge is 2.05. The maximum Gasteiger partial charge on any atom is 0.163 e. The van der Waals surface area contributed by atoms with Crippen LogP contribution in [0, 0.1) is 0 Å². The predicted octanol–water partition coefficient (Wildman–Crippen LogP) is 2.70. The Bertz CT molecular complexity index is 425. The Hall–Kier alpha value is -1.68. The number of benzene rings is 1. The molecule has 1 aromatic heterocycles. The number of hydrogen-bond donors (Lipinski definition) is 2. The van der Waals surface area contributed by atoms with E-state index in [1.54, 1.807) is 6.07 Å². The van der Waals surface area contributed by atoms with Crippen molar-refractivity contribution in [3.05, 3.63) is 36.4 Å². The quantitative estimate of drug-likeness (QED) is 0.794. The molecule has 0 unspecified atom stereocenters. The van der Waals surface area contributed by atoms with E-state index in [9.17, 15) is 0 Å². The van der Waals surface area contributed by atoms with Crippen molar-refractivity contribution in [3.8, 4) is 11.5 Å². The fourth-order valence-corrected chi connectivity index (χ4v) is 1.72. The molecular formula is C10H10N2OS. The zero-order valence-electron chi connectivity index (χ0n) is 7.44. The number of nitrogen functional groups attached to an aromatic ring is 2. The molecule has 0 saturated heterocycles. The second-order valence-corrected chi connectivity index (χ2v) is 3.91. The molecule has 0 saturated carbocycles. The van der Waals surface area contributed by atoms with Gasteiger partial charge in [0.15, 0.2) is 5.75 Å². The summed E-state index contributed by atoms with van der Waals surface area (Å²) in [7, 11) is 0. The number of nitrogens with two attached hydrogens (primary N) is 2. The summed E-state index contributed by atoms with van der Waals surface area (Å²) in [5.74, 6) is 1.38. The van der Waals surface area contributed by atoms with Gasteiger partial charge in [-0.25, -0.2) is 0 Å². The van der Waals surface area contributed by atoms with Crippen LogP contribution in [0.3, 0.4) is 0 Å². The van der Waals surface area contributed by atoms with Crippen LogP contribution >= 0.6 is 11.3 Å². The molecule has 1 aromatic carbocycles. The van der Waals surface area contributed by atoms with E-state index in [1.165, 1.54) is 11.3 Å². The lowest BCUT2D eigenvalue weighted by molar-refractivity contribution is 0.487. The largest absolute Gasteiger partial charge is 0.454 e. The number of para-hydroxylation sites is 1. The first-order valence-corrected chi connectivity index (χ1v) is 4.95. The van der Waals surface area contributed by atoms with Gasteiger partial charge in [0.25, 0.3) is 0 Å². The second-order valence-electron chi connectivity index (χ2n) is 2.79. The molecule has 0 aliphatic heterocycles. The van der Waals surface area contributed by atoms with Crippen molar-refractivity contribution in [2.75, 3.05) is 11.5 Å². The third kappa shape index (κ3) is 1.80. The molecule has 72 valence electrons. The first kappa shape index (κ1) is 8.90. The molecule has 4 N–H and O–H groups in total. The molecule has 0 radical (unpaired) electrons. The third-order valence-corrected chi connectivity index (χ3v) is 2.49. The first-order chi connectivity index (χ1) is 6.75. The van der Waals surface area contributed by atoms with Gasteiger partial charge in [-0.2, -0.15) is 0 Å². The van der Waals surface area contributed by atoms with E-state index in [0.29, 0.717) is 15.8 Å². The Labute approximate surface area is 85.9 Å². The van der Waals surface area contributed by atoms with Crippen molar-refractivity contribution < 1.29 is 4.74 Å². The van der Waals surface area contributed by atoms with Crippen LogP contribution in [0.15, 0.2) is 36.4 Å². The molecule has 0 atom stereocenters. The zero-order valence-corrected chi connectivity index (χ0v) is 8.25. The fraction of sp³-hybridized carbons (Fsp3) is 0. The SMILES string of the molecule is Nc1cc(Oc2ccccc2)c(N)s1. The van der Waals surface area contributed by atoms with Gasteiger partial charge in [-0.3, -0.25) is 0 Å². The van der Waals surface area contributed by atoms with Gasteiger partial charge in [-0.15, -0.1) is 0 Å². The van der Waals surface area contributed by atoms with Crippen LogP contribution in [-0.4, -0.2) is 0 Å². The maximum atomic E-state index is 5.70. The van der Waals surface area contributed by atoms with Gasteiger partial charge >= 0.3 is 0 Å². The lowest BCUT2D eigenvalue weighted by Gasteiger charge is -2.02. The van der Waals surface area contributed by atoms with Crippen LogP contribution in [0.5, 0.6) is 11.5 Å². The monoisotopic (exact) mass is 206 g/mol. The van der Waals surface area contributed by atoms with E-state index >= 15 is 0 Å². The van der Waals surface area contributed by atoms with E-state index in [-0.39, 0.29) is 0 Å². The average Bonchev–Trinajstić information content (AvgIpc) is 2.47. The van der Waals surface area contributed by atoms with Crippen LogP contribution in [0.1, 0.15) is 0 Å². The van der Waals surface area contributed by atoms with E-state index in [1.807, 2.05) is 30.3 Å². The van der Waals surface area contributed by atoms with Crippen LogP contribution in [0.25, 0.3) is 0 Å². The summed E-state index contributed by atoms with van der Waals surface area (Å²) in [6.07, 6.45) is 0. The molecule has 2 aromatic rings. The van der Waals surface area contributed by atoms with Crippen molar-refractivity contribution in [1.29, 1.82) is 0 Å². The summed E-state index contributed by atoms with van der Waals surface area (Å²) in [6.45, 7) is 0. The van der Waals surface area contributed by atoms with E-state index < -0.39 is 0 Å². The molecule has 0 amide bonds. The van der Waals surface area contributed by atoms with Gasteiger partial charge in [0, 0.05) is 6.07 Å². The summed E-state index contributed by atoms with van der Waals surface area (Å²) < 4.78 is 5.54. The summed E-state index contributed by atoms with van der Waals surface area (Å²) in [4.78, 5) is 0. The zero-order chi connectivity index (χ0) is 9.97. The van der Waals surface area contributed by atoms with Gasteiger partial charge < -0.3 is 16.2 Å². The van der Waals surface area contributed by atoms with Gasteiger partial charge in [0.1, 0.15) is 10.8 Å². The fourth-order valence-electron chi connectivity index (χ4n) is 1.10. The maximum absolute atomic E-state index is 5.70. The van der Waals surface area contributed by atoms with E-state index in [2.05, 4.69) is 0 Å². The highest BCUT2D eigenvalue weighted by Crippen LogP contribution is 2.36. The smallest absolute Gasteiger partial charge is 0.163 e. The van der Waals surface area contributed by atoms with Gasteiger partial charge in [-0.05, 0) is 12.1 Å². The first-order valence-electron chi connectivity index (χ1n) is 4.13. The van der Waals surface area contributed by atoms with Crippen molar-refractivity contribution in [2.24, 2.45) is 0 Å². The normalized spacial score (nSPS) is 10.0. The summed E-state index contributed by atoms with van der Waals surface area (Å²) in [5.41, 5.74) is 11.3. The predicted molar refractivity (Wildman–Crippen MR) is 59.7 cm³/mol. The minimum absolute atomic E-state index is 0.603. The van der Waals surface area contributed by atoms with Crippen LogP contribution in [-0.2, 0) is 0 Å². The lowest BCUT2D eigenvalue weighted by Crippen LogP contribution is -1.86. The average molecular weight is 206 g/mol. The molecule has 0 fully saturated rings. The van der Waals surface area contributed by atoms with Crippen LogP contribution in [0.2, 0.25) is 0 Å². The Morgan fingerprint density at radius 3 is 2.36 bits per heavy atom. The summed E-state index contributed by atoms with van der Waals surface area (Å²) in [5, 5.41) is 1.26. The highest BCUT2D eigenvalue weighted by molar-refractivity contribution is 7.20. The Morgan fingerprint density at radius 2 is 1.79 bits per heavy atom. The van der Waals surface area contributed by atoms with Crippen LogP contribution in [0.4, 0.5) is 10.0 Å². The number of rotatable bonds is 2. The number of ether oxygens (including phenoxy) is 1. The van der Waals surface area contributed by atoms with Crippen LogP contribution < -0.4 is 16.2 Å². The van der Waals surface area contributed by atoms with Crippen molar-refractivity contribution in [3.63, 3.8) is 0 Å². The Morgan fingerprint density at radius 1 is 1.07 bits per heavy atom. The molecule has 0 spiro atoms. The van der Waals surface area contributed by atoms with E-state index in [4.69, 9.17) is 16.2 Å². The molecule has 3 nitrogen and oxygen atoms in total. The van der Waals surface area contributed by atoms with Gasteiger partial charge in [0.2, 0.25) is 0 Å². The minimum atomic E-state index is 0.603. The van der Waals surface area contributed by atoms with Crippen molar-refractivity contribution in [2.45, 2.75) is 0 Å². The molecule has 14 heavy (non-hydrogen) atoms. The molecule has 1 heterocycles. The lowest BCUT2D eigenvalue weighted by atomic mass is 10.3. The van der Waals surface area contributed by atoms with Crippen molar-refractivity contribution in [1.82, 2.24) is 0 Å². The molecule has 0 aliphatic carbocycles. The van der Waals surface area contributed by atoms with Gasteiger partial charge in [0.05, 0.1) is 5.00 Å². The highest BCUT2D eigenvalue weighted by atomic mass is 32.1. The minimum Gasteiger partial charge on any atom is -0.454 e. The second kappa shape index (κ2) is 3.59. The topological polar surface area (TPSA) is 61.3 Å². The Balaban J connectivity index is 2.23. The molecule has 0 bridgehead atoms. The number of anilines is 2. The van der Waals surface area contributed by atoms with Gasteiger partial charge in [-0.1, -0.05) is 29.5 Å². The number of thiophene rings is 1. The molecule has 0 aliphatic rings. The Kier molecular flexibility index (Phi) is 2.28. The standard InChI is InChI=1S/C10H10N2OS/c11-9-6-8(10(12)14-9)13-7-4-2-1-3-5-7/h1-6H,11-12H2. The third-order valence-electron chi connectivity index (χ3n) is 1.72. The molecule has 2 rings (SSSR count). The molecular weight excluding hydrogens is 196 g/mol. The number of hydrogen-bond acceptors (Lipinski definition) is 4.